The number of primary amides is 1. The summed E-state index contributed by atoms with van der Waals surface area (Å²) in [6.07, 6.45) is 5.50. The van der Waals surface area contributed by atoms with Crippen molar-refractivity contribution in [2.24, 2.45) is 11.5 Å². The van der Waals surface area contributed by atoms with Crippen molar-refractivity contribution < 1.29 is 9.53 Å². The van der Waals surface area contributed by atoms with Gasteiger partial charge in [-0.3, -0.25) is 4.79 Å². The van der Waals surface area contributed by atoms with Gasteiger partial charge in [0.1, 0.15) is 12.4 Å². The molecular weight excluding hydrogens is 240 g/mol. The number of hydrogen-bond acceptors (Lipinski definition) is 3. The molecule has 1 aromatic carbocycles. The number of carbonyl (C=O) groups excluding carboxylic acids is 1. The first-order chi connectivity index (χ1) is 9.00. The third-order valence-electron chi connectivity index (χ3n) is 3.77. The first kappa shape index (κ1) is 13.9. The molecule has 0 bridgehead atoms. The van der Waals surface area contributed by atoms with Crippen molar-refractivity contribution >= 4 is 5.91 Å². The Bertz CT molecular complexity index is 465. The average molecular weight is 262 g/mol. The Labute approximate surface area is 114 Å². The number of amides is 1. The smallest absolute Gasteiger partial charge is 0.252 e. The van der Waals surface area contributed by atoms with E-state index in [-0.39, 0.29) is 5.54 Å². The molecule has 0 saturated heterocycles. The lowest BCUT2D eigenvalue weighted by Gasteiger charge is -2.33. The Hall–Kier alpha value is -1.55. The second kappa shape index (κ2) is 5.61. The summed E-state index contributed by atoms with van der Waals surface area (Å²) in [6.45, 7) is 2.40. The van der Waals surface area contributed by atoms with Crippen LogP contribution in [-0.2, 0) is 0 Å². The van der Waals surface area contributed by atoms with E-state index in [4.69, 9.17) is 16.2 Å². The van der Waals surface area contributed by atoms with E-state index in [0.717, 1.165) is 31.2 Å². The maximum absolute atomic E-state index is 11.4. The average Bonchev–Trinajstić information content (AvgIpc) is 2.37. The number of carbonyl (C=O) groups is 1. The van der Waals surface area contributed by atoms with Gasteiger partial charge < -0.3 is 16.2 Å². The molecule has 0 aromatic heterocycles. The molecule has 4 heteroatoms. The Morgan fingerprint density at radius 1 is 1.32 bits per heavy atom. The van der Waals surface area contributed by atoms with Crippen LogP contribution in [-0.4, -0.2) is 18.1 Å². The molecule has 19 heavy (non-hydrogen) atoms. The fourth-order valence-electron chi connectivity index (χ4n) is 2.57. The maximum Gasteiger partial charge on any atom is 0.252 e. The quantitative estimate of drug-likeness (QED) is 0.872. The summed E-state index contributed by atoms with van der Waals surface area (Å²) >= 11 is 0. The lowest BCUT2D eigenvalue weighted by Crippen LogP contribution is -2.47. The standard InChI is InChI=1S/C15H22N2O2/c1-11-5-6-12(14(16)18)13(9-11)19-10-15(17)7-3-2-4-8-15/h5-6,9H,2-4,7-8,10,17H2,1H3,(H2,16,18). The lowest BCUT2D eigenvalue weighted by molar-refractivity contribution is 0.0992. The molecule has 1 aromatic rings. The number of benzene rings is 1. The maximum atomic E-state index is 11.4. The van der Waals surface area contributed by atoms with E-state index in [9.17, 15) is 4.79 Å². The molecule has 0 atom stereocenters. The van der Waals surface area contributed by atoms with E-state index < -0.39 is 5.91 Å². The zero-order chi connectivity index (χ0) is 13.9. The number of aryl methyl sites for hydroxylation is 1. The number of hydrogen-bond donors (Lipinski definition) is 2. The molecule has 1 fully saturated rings. The first-order valence-electron chi connectivity index (χ1n) is 6.82. The molecule has 1 saturated carbocycles. The summed E-state index contributed by atoms with van der Waals surface area (Å²) in [4.78, 5) is 11.4. The van der Waals surface area contributed by atoms with Gasteiger partial charge in [0, 0.05) is 0 Å². The summed E-state index contributed by atoms with van der Waals surface area (Å²) < 4.78 is 5.80. The highest BCUT2D eigenvalue weighted by molar-refractivity contribution is 5.95. The monoisotopic (exact) mass is 262 g/mol. The van der Waals surface area contributed by atoms with E-state index in [0.29, 0.717) is 17.9 Å². The van der Waals surface area contributed by atoms with Gasteiger partial charge in [-0.05, 0) is 37.5 Å². The first-order valence-corrected chi connectivity index (χ1v) is 6.82. The fourth-order valence-corrected chi connectivity index (χ4v) is 2.57. The highest BCUT2D eigenvalue weighted by Gasteiger charge is 2.28. The van der Waals surface area contributed by atoms with Gasteiger partial charge in [-0.2, -0.15) is 0 Å². The van der Waals surface area contributed by atoms with Crippen LogP contribution in [0.2, 0.25) is 0 Å². The summed E-state index contributed by atoms with van der Waals surface area (Å²) in [5.74, 6) is 0.0765. The second-order valence-electron chi connectivity index (χ2n) is 5.58. The number of ether oxygens (including phenoxy) is 1. The summed E-state index contributed by atoms with van der Waals surface area (Å²) in [5.41, 5.74) is 12.9. The summed E-state index contributed by atoms with van der Waals surface area (Å²) in [6, 6.07) is 5.40. The molecule has 4 nitrogen and oxygen atoms in total. The Morgan fingerprint density at radius 3 is 2.63 bits per heavy atom. The third-order valence-corrected chi connectivity index (χ3v) is 3.77. The van der Waals surface area contributed by atoms with Crippen LogP contribution in [0, 0.1) is 6.92 Å². The molecular formula is C15H22N2O2. The largest absolute Gasteiger partial charge is 0.491 e. The second-order valence-corrected chi connectivity index (χ2v) is 5.58. The van der Waals surface area contributed by atoms with E-state index in [1.807, 2.05) is 19.1 Å². The van der Waals surface area contributed by atoms with Crippen LogP contribution in [0.25, 0.3) is 0 Å². The molecule has 2 rings (SSSR count). The summed E-state index contributed by atoms with van der Waals surface area (Å²) in [7, 11) is 0. The minimum Gasteiger partial charge on any atom is -0.491 e. The van der Waals surface area contributed by atoms with Gasteiger partial charge in [-0.1, -0.05) is 25.3 Å². The Kier molecular flexibility index (Phi) is 4.10. The van der Waals surface area contributed by atoms with Crippen molar-refractivity contribution in [3.05, 3.63) is 29.3 Å². The molecule has 0 aliphatic heterocycles. The van der Waals surface area contributed by atoms with Crippen molar-refractivity contribution in [2.75, 3.05) is 6.61 Å². The molecule has 4 N–H and O–H groups in total. The van der Waals surface area contributed by atoms with Crippen molar-refractivity contribution in [2.45, 2.75) is 44.6 Å². The zero-order valence-corrected chi connectivity index (χ0v) is 11.4. The number of rotatable bonds is 4. The number of nitrogens with two attached hydrogens (primary N) is 2. The van der Waals surface area contributed by atoms with E-state index in [1.165, 1.54) is 6.42 Å². The van der Waals surface area contributed by atoms with Gasteiger partial charge in [-0.25, -0.2) is 0 Å². The third kappa shape index (κ3) is 3.47. The summed E-state index contributed by atoms with van der Waals surface area (Å²) in [5, 5.41) is 0. The lowest BCUT2D eigenvalue weighted by atomic mass is 9.83. The van der Waals surface area contributed by atoms with Gasteiger partial charge in [0.15, 0.2) is 0 Å². The predicted molar refractivity (Wildman–Crippen MR) is 75.2 cm³/mol. The molecule has 0 spiro atoms. The Balaban J connectivity index is 2.10. The van der Waals surface area contributed by atoms with Crippen LogP contribution in [0.3, 0.4) is 0 Å². The van der Waals surface area contributed by atoms with Crippen molar-refractivity contribution in [1.82, 2.24) is 0 Å². The normalized spacial score (nSPS) is 18.0. The zero-order valence-electron chi connectivity index (χ0n) is 11.4. The van der Waals surface area contributed by atoms with Crippen molar-refractivity contribution in [3.63, 3.8) is 0 Å². The van der Waals surface area contributed by atoms with Crippen LogP contribution < -0.4 is 16.2 Å². The minimum atomic E-state index is -0.468. The SMILES string of the molecule is Cc1ccc(C(N)=O)c(OCC2(N)CCCCC2)c1. The van der Waals surface area contributed by atoms with Crippen LogP contribution in [0.4, 0.5) is 0 Å². The molecule has 1 aliphatic carbocycles. The minimum absolute atomic E-state index is 0.267. The van der Waals surface area contributed by atoms with Gasteiger partial charge in [0.05, 0.1) is 11.1 Å². The van der Waals surface area contributed by atoms with Gasteiger partial charge in [-0.15, -0.1) is 0 Å². The van der Waals surface area contributed by atoms with Crippen LogP contribution in [0.1, 0.15) is 48.0 Å². The molecule has 0 heterocycles. The Morgan fingerprint density at radius 2 is 2.00 bits per heavy atom. The van der Waals surface area contributed by atoms with Gasteiger partial charge in [0.25, 0.3) is 5.91 Å². The van der Waals surface area contributed by atoms with Crippen LogP contribution in [0.5, 0.6) is 5.75 Å². The highest BCUT2D eigenvalue weighted by Crippen LogP contribution is 2.28. The molecule has 1 amide bonds. The van der Waals surface area contributed by atoms with E-state index in [1.54, 1.807) is 6.07 Å². The van der Waals surface area contributed by atoms with Gasteiger partial charge in [0.2, 0.25) is 0 Å². The van der Waals surface area contributed by atoms with Crippen molar-refractivity contribution in [3.8, 4) is 5.75 Å². The highest BCUT2D eigenvalue weighted by atomic mass is 16.5. The fraction of sp³-hybridized carbons (Fsp3) is 0.533. The molecule has 0 unspecified atom stereocenters. The molecule has 1 aliphatic rings. The molecule has 104 valence electrons. The van der Waals surface area contributed by atoms with Crippen molar-refractivity contribution in [1.29, 1.82) is 0 Å². The molecule has 0 radical (unpaired) electrons. The topological polar surface area (TPSA) is 78.3 Å². The van der Waals surface area contributed by atoms with Crippen LogP contribution >= 0.6 is 0 Å². The van der Waals surface area contributed by atoms with Crippen LogP contribution in [0.15, 0.2) is 18.2 Å². The van der Waals surface area contributed by atoms with Gasteiger partial charge >= 0.3 is 0 Å². The van der Waals surface area contributed by atoms with E-state index in [2.05, 4.69) is 0 Å². The predicted octanol–water partition coefficient (Wildman–Crippen LogP) is 2.13. The van der Waals surface area contributed by atoms with E-state index >= 15 is 0 Å².